The zero-order chi connectivity index (χ0) is 12.6. The van der Waals surface area contributed by atoms with E-state index < -0.39 is 6.36 Å². The molecule has 1 aromatic heterocycles. The normalized spacial score (nSPS) is 12.1. The van der Waals surface area contributed by atoms with Gasteiger partial charge in [0, 0.05) is 10.6 Å². The molecule has 0 bridgehead atoms. The molecule has 0 radical (unpaired) electrons. The monoisotopic (exact) mass is 261 g/mol. The van der Waals surface area contributed by atoms with Crippen LogP contribution in [0.5, 0.6) is 5.75 Å². The first kappa shape index (κ1) is 12.2. The maximum atomic E-state index is 12.3. The van der Waals surface area contributed by atoms with Crippen LogP contribution in [0.1, 0.15) is 5.69 Å². The lowest BCUT2D eigenvalue weighted by Gasteiger charge is -2.10. The average molecular weight is 261 g/mol. The fourth-order valence-corrected chi connectivity index (χ4v) is 2.55. The molecule has 2 rings (SSSR count). The van der Waals surface area contributed by atoms with Gasteiger partial charge in [-0.05, 0) is 25.3 Å². The van der Waals surface area contributed by atoms with Gasteiger partial charge in [0.15, 0.2) is 0 Å². The quantitative estimate of drug-likeness (QED) is 0.823. The standard InChI is InChI=1S/C11H10F3NOS/c1-6-10(17-2)9-7(15-6)4-3-5-8(9)16-11(12,13)14/h3-5,15H,1-2H3. The van der Waals surface area contributed by atoms with Crippen LogP contribution >= 0.6 is 11.8 Å². The van der Waals surface area contributed by atoms with Gasteiger partial charge in [-0.3, -0.25) is 0 Å². The highest BCUT2D eigenvalue weighted by Gasteiger charge is 2.32. The number of hydrogen-bond acceptors (Lipinski definition) is 2. The van der Waals surface area contributed by atoms with Crippen molar-refractivity contribution in [3.8, 4) is 5.75 Å². The second-order valence-electron chi connectivity index (χ2n) is 3.51. The molecule has 1 N–H and O–H groups in total. The van der Waals surface area contributed by atoms with E-state index in [0.29, 0.717) is 10.9 Å². The van der Waals surface area contributed by atoms with Crippen LogP contribution < -0.4 is 4.74 Å². The number of ether oxygens (including phenoxy) is 1. The zero-order valence-corrected chi connectivity index (χ0v) is 10.00. The topological polar surface area (TPSA) is 25.0 Å². The molecule has 0 fully saturated rings. The Hall–Kier alpha value is -1.30. The van der Waals surface area contributed by atoms with Crippen LogP contribution in [0.2, 0.25) is 0 Å². The van der Waals surface area contributed by atoms with Gasteiger partial charge < -0.3 is 9.72 Å². The Balaban J connectivity index is 2.63. The van der Waals surface area contributed by atoms with Crippen LogP contribution in [0.4, 0.5) is 13.2 Å². The lowest BCUT2D eigenvalue weighted by atomic mass is 10.2. The van der Waals surface area contributed by atoms with E-state index in [2.05, 4.69) is 9.72 Å². The molecule has 0 aliphatic rings. The number of halogens is 3. The molecular weight excluding hydrogens is 251 g/mol. The Bertz CT molecular complexity index is 547. The average Bonchev–Trinajstić information content (AvgIpc) is 2.52. The number of aryl methyl sites for hydroxylation is 1. The van der Waals surface area contributed by atoms with Gasteiger partial charge in [0.2, 0.25) is 0 Å². The van der Waals surface area contributed by atoms with Crippen molar-refractivity contribution < 1.29 is 17.9 Å². The third kappa shape index (κ3) is 2.36. The van der Waals surface area contributed by atoms with E-state index in [0.717, 1.165) is 10.6 Å². The summed E-state index contributed by atoms with van der Waals surface area (Å²) in [6.45, 7) is 1.82. The molecule has 17 heavy (non-hydrogen) atoms. The van der Waals surface area contributed by atoms with Gasteiger partial charge >= 0.3 is 6.36 Å². The van der Waals surface area contributed by atoms with E-state index in [-0.39, 0.29) is 5.75 Å². The molecule has 0 atom stereocenters. The summed E-state index contributed by atoms with van der Waals surface area (Å²) in [4.78, 5) is 3.81. The molecule has 0 amide bonds. The minimum atomic E-state index is -4.67. The van der Waals surface area contributed by atoms with Crippen LogP contribution in [0.25, 0.3) is 10.9 Å². The Morgan fingerprint density at radius 3 is 2.59 bits per heavy atom. The molecule has 0 aliphatic heterocycles. The molecule has 2 nitrogen and oxygen atoms in total. The molecule has 0 saturated carbocycles. The minimum Gasteiger partial charge on any atom is -0.405 e. The van der Waals surface area contributed by atoms with E-state index in [1.165, 1.54) is 23.9 Å². The first-order valence-corrected chi connectivity index (χ1v) is 6.06. The van der Waals surface area contributed by atoms with Gasteiger partial charge in [-0.2, -0.15) is 0 Å². The van der Waals surface area contributed by atoms with E-state index in [4.69, 9.17) is 0 Å². The zero-order valence-electron chi connectivity index (χ0n) is 9.18. The van der Waals surface area contributed by atoms with Crippen LogP contribution in [0.15, 0.2) is 23.1 Å². The van der Waals surface area contributed by atoms with E-state index in [9.17, 15) is 13.2 Å². The Labute approximate surface area is 100 Å². The van der Waals surface area contributed by atoms with Crippen molar-refractivity contribution in [2.24, 2.45) is 0 Å². The number of fused-ring (bicyclic) bond motifs is 1. The van der Waals surface area contributed by atoms with Crippen molar-refractivity contribution in [2.75, 3.05) is 6.26 Å². The summed E-state index contributed by atoms with van der Waals surface area (Å²) in [6, 6.07) is 4.58. The molecule has 0 spiro atoms. The van der Waals surface area contributed by atoms with Crippen molar-refractivity contribution in [3.05, 3.63) is 23.9 Å². The molecule has 0 saturated heterocycles. The predicted octanol–water partition coefficient (Wildman–Crippen LogP) is 4.10. The number of H-pyrrole nitrogens is 1. The summed E-state index contributed by atoms with van der Waals surface area (Å²) in [6.07, 6.45) is -2.85. The second kappa shape index (κ2) is 4.18. The predicted molar refractivity (Wildman–Crippen MR) is 61.5 cm³/mol. The van der Waals surface area contributed by atoms with Crippen LogP contribution in [0.3, 0.4) is 0 Å². The van der Waals surface area contributed by atoms with Crippen molar-refractivity contribution in [1.29, 1.82) is 0 Å². The van der Waals surface area contributed by atoms with Crippen molar-refractivity contribution in [1.82, 2.24) is 4.98 Å². The van der Waals surface area contributed by atoms with Gasteiger partial charge in [-0.1, -0.05) is 6.07 Å². The van der Waals surface area contributed by atoms with Crippen LogP contribution in [-0.2, 0) is 0 Å². The Morgan fingerprint density at radius 1 is 1.29 bits per heavy atom. The molecule has 2 aromatic rings. The fraction of sp³-hybridized carbons (Fsp3) is 0.273. The molecule has 6 heteroatoms. The molecule has 0 unspecified atom stereocenters. The maximum Gasteiger partial charge on any atom is 0.573 e. The number of aromatic nitrogens is 1. The number of hydrogen-bond donors (Lipinski definition) is 1. The van der Waals surface area contributed by atoms with Gasteiger partial charge in [-0.15, -0.1) is 24.9 Å². The van der Waals surface area contributed by atoms with Crippen molar-refractivity contribution in [2.45, 2.75) is 18.2 Å². The number of thioether (sulfide) groups is 1. The number of alkyl halides is 3. The maximum absolute atomic E-state index is 12.3. The first-order chi connectivity index (χ1) is 7.92. The fourth-order valence-electron chi connectivity index (χ4n) is 1.78. The summed E-state index contributed by atoms with van der Waals surface area (Å²) in [5.74, 6) is -0.163. The van der Waals surface area contributed by atoms with E-state index in [1.807, 2.05) is 13.2 Å². The minimum absolute atomic E-state index is 0.163. The number of nitrogens with one attached hydrogen (secondary N) is 1. The molecular formula is C11H10F3NOS. The van der Waals surface area contributed by atoms with Crippen molar-refractivity contribution >= 4 is 22.7 Å². The van der Waals surface area contributed by atoms with Gasteiger partial charge in [-0.25, -0.2) is 0 Å². The van der Waals surface area contributed by atoms with Gasteiger partial charge in [0.1, 0.15) is 5.75 Å². The molecule has 1 heterocycles. The number of aromatic amines is 1. The lowest BCUT2D eigenvalue weighted by Crippen LogP contribution is -2.17. The highest BCUT2D eigenvalue weighted by atomic mass is 32.2. The summed E-state index contributed by atoms with van der Waals surface area (Å²) in [5.41, 5.74) is 1.49. The molecule has 0 aliphatic carbocycles. The highest BCUT2D eigenvalue weighted by molar-refractivity contribution is 7.98. The second-order valence-corrected chi connectivity index (χ2v) is 4.33. The largest absolute Gasteiger partial charge is 0.573 e. The van der Waals surface area contributed by atoms with Crippen LogP contribution in [-0.4, -0.2) is 17.6 Å². The molecule has 92 valence electrons. The van der Waals surface area contributed by atoms with Crippen molar-refractivity contribution in [3.63, 3.8) is 0 Å². The first-order valence-electron chi connectivity index (χ1n) is 4.83. The number of benzene rings is 1. The summed E-state index contributed by atoms with van der Waals surface area (Å²) < 4.78 is 40.9. The van der Waals surface area contributed by atoms with E-state index in [1.54, 1.807) is 6.07 Å². The number of rotatable bonds is 2. The molecule has 1 aromatic carbocycles. The SMILES string of the molecule is CSc1c(C)[nH]c2cccc(OC(F)(F)F)c12. The van der Waals surface area contributed by atoms with Gasteiger partial charge in [0.05, 0.1) is 10.9 Å². The Kier molecular flexibility index (Phi) is 2.99. The van der Waals surface area contributed by atoms with E-state index >= 15 is 0 Å². The Morgan fingerprint density at radius 2 is 2.00 bits per heavy atom. The van der Waals surface area contributed by atoms with Gasteiger partial charge in [0.25, 0.3) is 0 Å². The smallest absolute Gasteiger partial charge is 0.405 e. The lowest BCUT2D eigenvalue weighted by molar-refractivity contribution is -0.274. The third-order valence-corrected chi connectivity index (χ3v) is 3.26. The highest BCUT2D eigenvalue weighted by Crippen LogP contribution is 2.38. The van der Waals surface area contributed by atoms with Crippen LogP contribution in [0, 0.1) is 6.92 Å². The summed E-state index contributed by atoms with van der Waals surface area (Å²) in [5, 5.41) is 0.481. The summed E-state index contributed by atoms with van der Waals surface area (Å²) in [7, 11) is 0. The third-order valence-electron chi connectivity index (χ3n) is 2.35. The summed E-state index contributed by atoms with van der Waals surface area (Å²) >= 11 is 1.39.